The average molecular weight is 360 g/mol. The lowest BCUT2D eigenvalue weighted by atomic mass is 10.0. The van der Waals surface area contributed by atoms with Gasteiger partial charge in [-0.3, -0.25) is 9.69 Å². The van der Waals surface area contributed by atoms with Crippen LogP contribution in [0, 0.1) is 0 Å². The Balaban J connectivity index is 1.55. The fourth-order valence-corrected chi connectivity index (χ4v) is 4.46. The second-order valence-electron chi connectivity index (χ2n) is 6.30. The van der Waals surface area contributed by atoms with E-state index in [1.165, 1.54) is 43.4 Å². The number of carbonyl (C=O) groups is 2. The topological polar surface area (TPSA) is 49.9 Å². The van der Waals surface area contributed by atoms with Crippen LogP contribution in [0.2, 0.25) is 0 Å². The first-order valence-corrected chi connectivity index (χ1v) is 9.69. The Bertz CT molecular complexity index is 647. The van der Waals surface area contributed by atoms with Crippen molar-refractivity contribution in [3.63, 3.8) is 0 Å². The summed E-state index contributed by atoms with van der Waals surface area (Å²) in [5, 5.41) is 0.706. The van der Waals surface area contributed by atoms with Crippen molar-refractivity contribution in [3.8, 4) is 0 Å². The number of esters is 1. The van der Waals surface area contributed by atoms with Gasteiger partial charge in [0, 0.05) is 19.1 Å². The van der Waals surface area contributed by atoms with Crippen LogP contribution in [0.3, 0.4) is 0 Å². The van der Waals surface area contributed by atoms with Crippen LogP contribution in [0.15, 0.2) is 41.4 Å². The molecule has 134 valence electrons. The largest absolute Gasteiger partial charge is 0.466 e. The molecule has 2 heterocycles. The van der Waals surface area contributed by atoms with Gasteiger partial charge in [0.1, 0.15) is 0 Å². The molecule has 5 nitrogen and oxygen atoms in total. The molecular weight excluding hydrogens is 336 g/mol. The number of thioether (sulfide) groups is 1. The van der Waals surface area contributed by atoms with Crippen molar-refractivity contribution < 1.29 is 14.3 Å². The monoisotopic (exact) mass is 360 g/mol. The summed E-state index contributed by atoms with van der Waals surface area (Å²) in [5.41, 5.74) is 1.37. The molecule has 0 aromatic heterocycles. The van der Waals surface area contributed by atoms with Crippen molar-refractivity contribution in [1.29, 1.82) is 0 Å². The number of nitrogens with zero attached hydrogens (tertiary/aromatic N) is 2. The van der Waals surface area contributed by atoms with E-state index in [1.807, 2.05) is 0 Å². The van der Waals surface area contributed by atoms with Crippen molar-refractivity contribution in [2.24, 2.45) is 0 Å². The predicted octanol–water partition coefficient (Wildman–Crippen LogP) is 2.80. The van der Waals surface area contributed by atoms with E-state index < -0.39 is 5.97 Å². The Morgan fingerprint density at radius 2 is 2.12 bits per heavy atom. The zero-order valence-electron chi connectivity index (χ0n) is 14.5. The van der Waals surface area contributed by atoms with E-state index in [0.29, 0.717) is 23.4 Å². The number of carbonyl (C=O) groups excluding carboxylic acids is 2. The minimum absolute atomic E-state index is 0.0705. The van der Waals surface area contributed by atoms with Gasteiger partial charge in [-0.25, -0.2) is 4.79 Å². The molecule has 0 N–H and O–H groups in total. The summed E-state index contributed by atoms with van der Waals surface area (Å²) >= 11 is 1.41. The Kier molecular flexibility index (Phi) is 6.15. The van der Waals surface area contributed by atoms with Gasteiger partial charge in [0.2, 0.25) is 5.91 Å². The maximum absolute atomic E-state index is 12.1. The second kappa shape index (κ2) is 8.54. The molecule has 2 aliphatic rings. The molecule has 1 aromatic rings. The van der Waals surface area contributed by atoms with Crippen molar-refractivity contribution >= 4 is 23.6 Å². The highest BCUT2D eigenvalue weighted by Crippen LogP contribution is 2.32. The van der Waals surface area contributed by atoms with Gasteiger partial charge in [-0.05, 0) is 31.4 Å². The maximum atomic E-state index is 12.1. The highest BCUT2D eigenvalue weighted by Gasteiger charge is 2.29. The van der Waals surface area contributed by atoms with Crippen LogP contribution in [-0.2, 0) is 14.3 Å². The minimum Gasteiger partial charge on any atom is -0.466 e. The van der Waals surface area contributed by atoms with Crippen molar-refractivity contribution in [2.75, 3.05) is 32.5 Å². The van der Waals surface area contributed by atoms with Gasteiger partial charge in [0.25, 0.3) is 0 Å². The zero-order chi connectivity index (χ0) is 17.6. The molecule has 0 saturated carbocycles. The number of likely N-dealkylation sites (tertiary alicyclic amines) is 1. The molecule has 25 heavy (non-hydrogen) atoms. The number of hydrogen-bond donors (Lipinski definition) is 0. The number of amides is 1. The van der Waals surface area contributed by atoms with Crippen LogP contribution in [0.5, 0.6) is 0 Å². The van der Waals surface area contributed by atoms with E-state index in [4.69, 9.17) is 0 Å². The van der Waals surface area contributed by atoms with Gasteiger partial charge in [0.05, 0.1) is 24.0 Å². The highest BCUT2D eigenvalue weighted by molar-refractivity contribution is 8.04. The van der Waals surface area contributed by atoms with Gasteiger partial charge in [-0.2, -0.15) is 0 Å². The van der Waals surface area contributed by atoms with E-state index in [2.05, 4.69) is 40.0 Å². The van der Waals surface area contributed by atoms with Gasteiger partial charge in [-0.1, -0.05) is 42.1 Å². The van der Waals surface area contributed by atoms with E-state index in [1.54, 1.807) is 4.90 Å². The molecule has 0 spiro atoms. The third-order valence-corrected chi connectivity index (χ3v) is 5.75. The van der Waals surface area contributed by atoms with Crippen LogP contribution >= 0.6 is 11.8 Å². The first-order chi connectivity index (χ1) is 12.2. The molecule has 6 heteroatoms. The lowest BCUT2D eigenvalue weighted by Crippen LogP contribution is -2.30. The van der Waals surface area contributed by atoms with Gasteiger partial charge >= 0.3 is 5.97 Å². The number of rotatable bonds is 6. The summed E-state index contributed by atoms with van der Waals surface area (Å²) in [6, 6.07) is 11.1. The molecule has 1 amide bonds. The third-order valence-electron chi connectivity index (χ3n) is 4.73. The third kappa shape index (κ3) is 4.44. The average Bonchev–Trinajstić information content (AvgIpc) is 3.24. The summed E-state index contributed by atoms with van der Waals surface area (Å²) in [6.07, 6.45) is 4.72. The molecule has 2 saturated heterocycles. The molecule has 1 unspecified atom stereocenters. The molecule has 2 fully saturated rings. The van der Waals surface area contributed by atoms with Crippen LogP contribution in [0.1, 0.15) is 30.9 Å². The first kappa shape index (κ1) is 18.0. The standard InChI is InChI=1S/C19H24N2O3S/c1-24-19(23)13-18-21(17(22)14-25-18)12-6-11-20-10-5-9-16(20)15-7-3-2-4-8-15/h2-4,7-8,13,16H,5-6,9-12,14H2,1H3. The van der Waals surface area contributed by atoms with Crippen LogP contribution in [-0.4, -0.2) is 54.2 Å². The normalized spacial score (nSPS) is 22.8. The molecule has 0 bridgehead atoms. The number of methoxy groups -OCH3 is 1. The van der Waals surface area contributed by atoms with Crippen LogP contribution in [0.4, 0.5) is 0 Å². The molecule has 1 aromatic carbocycles. The Labute approximate surface area is 153 Å². The minimum atomic E-state index is -0.411. The van der Waals surface area contributed by atoms with Crippen LogP contribution in [0.25, 0.3) is 0 Å². The first-order valence-electron chi connectivity index (χ1n) is 8.71. The lowest BCUT2D eigenvalue weighted by Gasteiger charge is -2.26. The Morgan fingerprint density at radius 3 is 2.88 bits per heavy atom. The van der Waals surface area contributed by atoms with Gasteiger partial charge in [0.15, 0.2) is 0 Å². The smallest absolute Gasteiger partial charge is 0.333 e. The van der Waals surface area contributed by atoms with E-state index in [0.717, 1.165) is 19.5 Å². The summed E-state index contributed by atoms with van der Waals surface area (Å²) in [6.45, 7) is 2.71. The molecule has 0 radical (unpaired) electrons. The maximum Gasteiger partial charge on any atom is 0.333 e. The number of hydrogen-bond acceptors (Lipinski definition) is 5. The van der Waals surface area contributed by atoms with Crippen molar-refractivity contribution in [3.05, 3.63) is 47.0 Å². The fourth-order valence-electron chi connectivity index (χ4n) is 3.51. The molecule has 2 aliphatic heterocycles. The quantitative estimate of drug-likeness (QED) is 0.577. The predicted molar refractivity (Wildman–Crippen MR) is 98.9 cm³/mol. The van der Waals surface area contributed by atoms with Crippen molar-refractivity contribution in [1.82, 2.24) is 9.80 Å². The van der Waals surface area contributed by atoms with Crippen LogP contribution < -0.4 is 0 Å². The second-order valence-corrected chi connectivity index (χ2v) is 7.29. The highest BCUT2D eigenvalue weighted by atomic mass is 32.2. The summed E-state index contributed by atoms with van der Waals surface area (Å²) < 4.78 is 4.67. The number of benzene rings is 1. The summed E-state index contributed by atoms with van der Waals surface area (Å²) in [4.78, 5) is 27.7. The molecular formula is C19H24N2O3S. The molecule has 3 rings (SSSR count). The summed E-state index contributed by atoms with van der Waals surface area (Å²) in [7, 11) is 1.35. The SMILES string of the molecule is COC(=O)C=C1SCC(=O)N1CCCN1CCCC1c1ccccc1. The van der Waals surface area contributed by atoms with E-state index >= 15 is 0 Å². The van der Waals surface area contributed by atoms with Gasteiger partial charge in [-0.15, -0.1) is 0 Å². The van der Waals surface area contributed by atoms with E-state index in [9.17, 15) is 9.59 Å². The van der Waals surface area contributed by atoms with Gasteiger partial charge < -0.3 is 9.64 Å². The Morgan fingerprint density at radius 1 is 1.32 bits per heavy atom. The van der Waals surface area contributed by atoms with E-state index in [-0.39, 0.29) is 5.91 Å². The summed E-state index contributed by atoms with van der Waals surface area (Å²) in [5.74, 6) is 0.0613. The zero-order valence-corrected chi connectivity index (χ0v) is 15.3. The van der Waals surface area contributed by atoms with Crippen molar-refractivity contribution in [2.45, 2.75) is 25.3 Å². The number of ether oxygens (including phenoxy) is 1. The molecule has 0 aliphatic carbocycles. The lowest BCUT2D eigenvalue weighted by molar-refractivity contribution is -0.134. The molecule has 1 atom stereocenters. The Hall–Kier alpha value is -1.79. The fraction of sp³-hybridized carbons (Fsp3) is 0.474.